The topological polar surface area (TPSA) is 58.1 Å². The molecule has 2 unspecified atom stereocenters. The largest absolute Gasteiger partial charge is 0.379 e. The predicted octanol–water partition coefficient (Wildman–Crippen LogP) is 2.81. The summed E-state index contributed by atoms with van der Waals surface area (Å²) in [7, 11) is 1.82. The number of para-hydroxylation sites is 1. The van der Waals surface area contributed by atoms with Gasteiger partial charge in [0.1, 0.15) is 0 Å². The number of fused-ring (bicyclic) bond motifs is 1. The lowest BCUT2D eigenvalue weighted by molar-refractivity contribution is 0.0168. The van der Waals surface area contributed by atoms with Crippen molar-refractivity contribution in [3.8, 4) is 0 Å². The van der Waals surface area contributed by atoms with Gasteiger partial charge in [0.15, 0.2) is 5.96 Å². The predicted molar refractivity (Wildman–Crippen MR) is 126 cm³/mol. The molecule has 7 heteroatoms. The maximum Gasteiger partial charge on any atom is 0.191 e. The van der Waals surface area contributed by atoms with Crippen LogP contribution in [-0.4, -0.2) is 64.6 Å². The highest BCUT2D eigenvalue weighted by Crippen LogP contribution is 2.28. The number of aliphatic imine (C=N–C) groups is 1. The van der Waals surface area contributed by atoms with Crippen LogP contribution in [-0.2, 0) is 15.9 Å². The first-order valence-electron chi connectivity index (χ1n) is 10.3. The number of hydrogen-bond donors (Lipinski definition) is 2. The van der Waals surface area contributed by atoms with Crippen molar-refractivity contribution >= 4 is 35.6 Å². The minimum absolute atomic E-state index is 0. The van der Waals surface area contributed by atoms with E-state index in [-0.39, 0.29) is 24.0 Å². The van der Waals surface area contributed by atoms with Crippen LogP contribution in [0.2, 0.25) is 0 Å². The number of guanidine groups is 1. The summed E-state index contributed by atoms with van der Waals surface area (Å²) in [4.78, 5) is 6.81. The van der Waals surface area contributed by atoms with Crippen LogP contribution in [0.3, 0.4) is 0 Å². The molecule has 1 aromatic carbocycles. The summed E-state index contributed by atoms with van der Waals surface area (Å²) in [5.41, 5.74) is 2.83. The molecule has 28 heavy (non-hydrogen) atoms. The average Bonchev–Trinajstić information content (AvgIpc) is 3.36. The maximum absolute atomic E-state index is 5.70. The number of anilines is 1. The van der Waals surface area contributed by atoms with Crippen LogP contribution >= 0.6 is 24.0 Å². The Morgan fingerprint density at radius 3 is 3.00 bits per heavy atom. The van der Waals surface area contributed by atoms with E-state index in [1.165, 1.54) is 17.7 Å². The molecule has 1 saturated heterocycles. The summed E-state index contributed by atoms with van der Waals surface area (Å²) in [6, 6.07) is 9.13. The van der Waals surface area contributed by atoms with Gasteiger partial charge in [0, 0.05) is 51.6 Å². The third-order valence-corrected chi connectivity index (χ3v) is 5.33. The van der Waals surface area contributed by atoms with E-state index >= 15 is 0 Å². The minimum Gasteiger partial charge on any atom is -0.379 e. The van der Waals surface area contributed by atoms with Crippen LogP contribution in [0.15, 0.2) is 29.3 Å². The molecule has 0 saturated carbocycles. The molecule has 2 atom stereocenters. The van der Waals surface area contributed by atoms with Gasteiger partial charge in [-0.1, -0.05) is 18.2 Å². The van der Waals surface area contributed by atoms with Gasteiger partial charge in [-0.15, -0.1) is 24.0 Å². The number of ether oxygens (including phenoxy) is 2. The maximum atomic E-state index is 5.70. The molecule has 0 amide bonds. The van der Waals surface area contributed by atoms with Gasteiger partial charge < -0.3 is 25.0 Å². The summed E-state index contributed by atoms with van der Waals surface area (Å²) in [5.74, 6) is 0.855. The number of benzene rings is 1. The molecular formula is C21H35IN4O2. The van der Waals surface area contributed by atoms with E-state index < -0.39 is 0 Å². The molecule has 3 rings (SSSR count). The van der Waals surface area contributed by atoms with E-state index in [2.05, 4.69) is 51.7 Å². The first kappa shape index (κ1) is 23.2. The Kier molecular flexibility index (Phi) is 10.4. The van der Waals surface area contributed by atoms with Gasteiger partial charge in [-0.25, -0.2) is 0 Å². The second-order valence-electron chi connectivity index (χ2n) is 7.36. The third-order valence-electron chi connectivity index (χ3n) is 5.33. The van der Waals surface area contributed by atoms with Crippen molar-refractivity contribution in [2.24, 2.45) is 4.99 Å². The molecule has 2 aliphatic rings. The molecule has 0 aromatic heterocycles. The molecule has 158 valence electrons. The zero-order valence-corrected chi connectivity index (χ0v) is 19.5. The number of nitrogens with one attached hydrogen (secondary N) is 2. The summed E-state index contributed by atoms with van der Waals surface area (Å²) in [5, 5.41) is 6.82. The third kappa shape index (κ3) is 6.77. The Balaban J connectivity index is 0.00000280. The fraction of sp³-hybridized carbons (Fsp3) is 0.667. The highest BCUT2D eigenvalue weighted by molar-refractivity contribution is 14.0. The monoisotopic (exact) mass is 502 g/mol. The Morgan fingerprint density at radius 1 is 1.36 bits per heavy atom. The fourth-order valence-corrected chi connectivity index (χ4v) is 3.77. The summed E-state index contributed by atoms with van der Waals surface area (Å²) < 4.78 is 11.3. The van der Waals surface area contributed by atoms with E-state index in [9.17, 15) is 0 Å². The highest BCUT2D eigenvalue weighted by Gasteiger charge is 2.22. The number of halogens is 1. The molecule has 2 aliphatic heterocycles. The van der Waals surface area contributed by atoms with E-state index in [1.807, 2.05) is 7.05 Å². The molecular weight excluding hydrogens is 467 g/mol. The molecule has 0 bridgehead atoms. The Morgan fingerprint density at radius 2 is 2.21 bits per heavy atom. The first-order valence-corrected chi connectivity index (χ1v) is 10.3. The van der Waals surface area contributed by atoms with E-state index in [0.29, 0.717) is 12.1 Å². The quantitative estimate of drug-likeness (QED) is 0.236. The Bertz CT molecular complexity index is 608. The van der Waals surface area contributed by atoms with Crippen molar-refractivity contribution in [2.45, 2.75) is 44.8 Å². The summed E-state index contributed by atoms with van der Waals surface area (Å²) in [6.45, 7) is 7.44. The van der Waals surface area contributed by atoms with Crippen molar-refractivity contribution < 1.29 is 9.47 Å². The van der Waals surface area contributed by atoms with Crippen molar-refractivity contribution in [1.29, 1.82) is 0 Å². The second kappa shape index (κ2) is 12.5. The number of hydrogen-bond acceptors (Lipinski definition) is 4. The molecule has 1 fully saturated rings. The molecule has 0 radical (unpaired) electrons. The Hall–Kier alpha value is -1.06. The van der Waals surface area contributed by atoms with Crippen LogP contribution in [0.25, 0.3) is 0 Å². The first-order chi connectivity index (χ1) is 13.3. The van der Waals surface area contributed by atoms with Crippen molar-refractivity contribution in [1.82, 2.24) is 10.6 Å². The van der Waals surface area contributed by atoms with Crippen molar-refractivity contribution in [3.63, 3.8) is 0 Å². The summed E-state index contributed by atoms with van der Waals surface area (Å²) >= 11 is 0. The van der Waals surface area contributed by atoms with Gasteiger partial charge in [-0.3, -0.25) is 4.99 Å². The minimum atomic E-state index is 0. The second-order valence-corrected chi connectivity index (χ2v) is 7.36. The van der Waals surface area contributed by atoms with Crippen LogP contribution in [0.1, 0.15) is 31.7 Å². The van der Waals surface area contributed by atoms with Crippen molar-refractivity contribution in [2.75, 3.05) is 51.4 Å². The van der Waals surface area contributed by atoms with Gasteiger partial charge >= 0.3 is 0 Å². The number of rotatable bonds is 9. The molecule has 2 N–H and O–H groups in total. The van der Waals surface area contributed by atoms with Gasteiger partial charge in [0.05, 0.1) is 12.7 Å². The van der Waals surface area contributed by atoms with Crippen molar-refractivity contribution in [3.05, 3.63) is 29.8 Å². The lowest BCUT2D eigenvalue weighted by atomic mass is 10.2. The molecule has 2 heterocycles. The number of nitrogens with zero attached hydrogens (tertiary/aromatic N) is 2. The van der Waals surface area contributed by atoms with Crippen LogP contribution in [0.5, 0.6) is 0 Å². The van der Waals surface area contributed by atoms with Crippen LogP contribution < -0.4 is 15.5 Å². The standard InChI is InChI=1S/C21H34N4O2.HI/c1-17(25-12-10-18-7-3-4-9-20(18)25)15-24-21(22-2)23-11-6-13-26-16-19-8-5-14-27-19;/h3-4,7,9,17,19H,5-6,8,10-16H2,1-2H3,(H2,22,23,24);1H. The average molecular weight is 502 g/mol. The zero-order valence-electron chi connectivity index (χ0n) is 17.2. The van der Waals surface area contributed by atoms with Gasteiger partial charge in [0.25, 0.3) is 0 Å². The van der Waals surface area contributed by atoms with E-state index in [4.69, 9.17) is 9.47 Å². The zero-order chi connectivity index (χ0) is 18.9. The normalized spacial score (nSPS) is 19.9. The lowest BCUT2D eigenvalue weighted by Gasteiger charge is -2.28. The van der Waals surface area contributed by atoms with Crippen LogP contribution in [0, 0.1) is 0 Å². The van der Waals surface area contributed by atoms with Gasteiger partial charge in [-0.2, -0.15) is 0 Å². The molecule has 6 nitrogen and oxygen atoms in total. The van der Waals surface area contributed by atoms with E-state index in [1.54, 1.807) is 0 Å². The molecule has 0 aliphatic carbocycles. The fourth-order valence-electron chi connectivity index (χ4n) is 3.77. The van der Waals surface area contributed by atoms with Gasteiger partial charge in [0.2, 0.25) is 0 Å². The van der Waals surface area contributed by atoms with Crippen LogP contribution in [0.4, 0.5) is 5.69 Å². The lowest BCUT2D eigenvalue weighted by Crippen LogP contribution is -2.46. The SMILES string of the molecule is CN=C(NCCCOCC1CCCO1)NCC(C)N1CCc2ccccc21.I. The Labute approximate surface area is 186 Å². The van der Waals surface area contributed by atoms with E-state index in [0.717, 1.165) is 64.7 Å². The van der Waals surface area contributed by atoms with Gasteiger partial charge in [-0.05, 0) is 44.2 Å². The molecule has 0 spiro atoms. The smallest absolute Gasteiger partial charge is 0.191 e. The summed E-state index contributed by atoms with van der Waals surface area (Å²) in [6.07, 6.45) is 4.71. The highest BCUT2D eigenvalue weighted by atomic mass is 127. The molecule has 1 aromatic rings.